The van der Waals surface area contributed by atoms with Gasteiger partial charge in [-0.1, -0.05) is 47.5 Å². The van der Waals surface area contributed by atoms with Crippen LogP contribution in [0.25, 0.3) is 0 Å². The molecule has 1 aliphatic rings. The minimum atomic E-state index is -3.82. The van der Waals surface area contributed by atoms with E-state index in [4.69, 9.17) is 16.3 Å². The smallest absolute Gasteiger partial charge is 0.335 e. The normalized spacial score (nSPS) is 17.4. The number of esters is 1. The first-order valence-electron chi connectivity index (χ1n) is 8.97. The lowest BCUT2D eigenvalue weighted by Crippen LogP contribution is -2.33. The van der Waals surface area contributed by atoms with Gasteiger partial charge in [-0.2, -0.15) is 4.31 Å². The number of aryl methyl sites for hydroxylation is 2. The van der Waals surface area contributed by atoms with Gasteiger partial charge in [0.25, 0.3) is 0 Å². The molecule has 1 heterocycles. The van der Waals surface area contributed by atoms with E-state index in [0.717, 1.165) is 11.1 Å². The van der Waals surface area contributed by atoms with Gasteiger partial charge < -0.3 is 4.74 Å². The number of carbonyl (C=O) groups excluding carboxylic acids is 1. The van der Waals surface area contributed by atoms with Crippen LogP contribution in [0.1, 0.15) is 29.7 Å². The largest absolute Gasteiger partial charge is 0.463 e. The van der Waals surface area contributed by atoms with Gasteiger partial charge in [0.2, 0.25) is 10.0 Å². The minimum absolute atomic E-state index is 0.0939. The van der Waals surface area contributed by atoms with Crippen LogP contribution in [0, 0.1) is 13.8 Å². The van der Waals surface area contributed by atoms with Crippen LogP contribution < -0.4 is 0 Å². The highest BCUT2D eigenvalue weighted by atomic mass is 35.5. The summed E-state index contributed by atoms with van der Waals surface area (Å²) in [4.78, 5) is 12.7. The summed E-state index contributed by atoms with van der Waals surface area (Å²) in [5.74, 6) is -0.512. The molecular formula is C21H22ClNO4S. The third-order valence-electron chi connectivity index (χ3n) is 4.71. The van der Waals surface area contributed by atoms with E-state index in [2.05, 4.69) is 0 Å². The van der Waals surface area contributed by atoms with Gasteiger partial charge in [-0.25, -0.2) is 13.2 Å². The first-order valence-corrected chi connectivity index (χ1v) is 10.8. The zero-order chi connectivity index (χ0) is 20.5. The summed E-state index contributed by atoms with van der Waals surface area (Å²) in [6.07, 6.45) is 1.62. The van der Waals surface area contributed by atoms with E-state index in [1.165, 1.54) is 4.31 Å². The first kappa shape index (κ1) is 20.6. The van der Waals surface area contributed by atoms with Crippen molar-refractivity contribution in [2.24, 2.45) is 0 Å². The predicted octanol–water partition coefficient (Wildman–Crippen LogP) is 4.19. The molecule has 0 bridgehead atoms. The molecule has 0 aliphatic carbocycles. The Morgan fingerprint density at radius 3 is 2.46 bits per heavy atom. The Morgan fingerprint density at radius 1 is 1.18 bits per heavy atom. The zero-order valence-electron chi connectivity index (χ0n) is 16.0. The van der Waals surface area contributed by atoms with Gasteiger partial charge in [0, 0.05) is 11.6 Å². The van der Waals surface area contributed by atoms with Crippen LogP contribution >= 0.6 is 11.6 Å². The SMILES string of the molecule is CCOC(=O)C1=CCN(S(=O)(=O)c2ccc(C)cc2)C1c1ccc(Cl)c(C)c1. The number of benzene rings is 2. The highest BCUT2D eigenvalue weighted by Gasteiger charge is 2.41. The summed E-state index contributed by atoms with van der Waals surface area (Å²) in [5, 5.41) is 0.580. The van der Waals surface area contributed by atoms with E-state index in [1.54, 1.807) is 49.4 Å². The molecule has 5 nitrogen and oxygen atoms in total. The monoisotopic (exact) mass is 419 g/mol. The average Bonchev–Trinajstić information content (AvgIpc) is 3.10. The molecule has 1 atom stereocenters. The summed E-state index contributed by atoms with van der Waals surface area (Å²) >= 11 is 6.13. The van der Waals surface area contributed by atoms with E-state index >= 15 is 0 Å². The molecule has 2 aromatic rings. The second-order valence-electron chi connectivity index (χ2n) is 6.68. The zero-order valence-corrected chi connectivity index (χ0v) is 17.5. The standard InChI is InChI=1S/C21H22ClNO4S/c1-4-27-21(24)18-11-12-23(20(18)16-7-10-19(22)15(3)13-16)28(25,26)17-8-5-14(2)6-9-17/h5-11,13,20H,4,12H2,1-3H3. The maximum atomic E-state index is 13.3. The van der Waals surface area contributed by atoms with Gasteiger partial charge in [-0.3, -0.25) is 0 Å². The van der Waals surface area contributed by atoms with Crippen molar-refractivity contribution >= 4 is 27.6 Å². The molecule has 28 heavy (non-hydrogen) atoms. The van der Waals surface area contributed by atoms with Crippen LogP contribution in [0.3, 0.4) is 0 Å². The lowest BCUT2D eigenvalue weighted by Gasteiger charge is -2.27. The molecule has 0 radical (unpaired) electrons. The van der Waals surface area contributed by atoms with Crippen molar-refractivity contribution < 1.29 is 17.9 Å². The second-order valence-corrected chi connectivity index (χ2v) is 8.98. The molecule has 1 aliphatic heterocycles. The third kappa shape index (κ3) is 3.85. The van der Waals surface area contributed by atoms with E-state index in [0.29, 0.717) is 16.2 Å². The molecule has 0 saturated heterocycles. The van der Waals surface area contributed by atoms with Gasteiger partial charge in [-0.05, 0) is 50.1 Å². The van der Waals surface area contributed by atoms with Crippen molar-refractivity contribution in [3.63, 3.8) is 0 Å². The number of rotatable bonds is 5. The maximum absolute atomic E-state index is 13.3. The Labute approximate surface area is 170 Å². The van der Waals surface area contributed by atoms with Gasteiger partial charge in [0.1, 0.15) is 0 Å². The van der Waals surface area contributed by atoms with Crippen molar-refractivity contribution in [3.05, 3.63) is 75.8 Å². The van der Waals surface area contributed by atoms with E-state index in [9.17, 15) is 13.2 Å². The topological polar surface area (TPSA) is 63.7 Å². The molecule has 2 aromatic carbocycles. The van der Waals surface area contributed by atoms with Gasteiger partial charge in [-0.15, -0.1) is 0 Å². The number of sulfonamides is 1. The molecule has 0 saturated carbocycles. The van der Waals surface area contributed by atoms with E-state index < -0.39 is 22.0 Å². The Morgan fingerprint density at radius 2 is 1.86 bits per heavy atom. The molecule has 148 valence electrons. The predicted molar refractivity (Wildman–Crippen MR) is 109 cm³/mol. The van der Waals surface area contributed by atoms with Gasteiger partial charge in [0.05, 0.1) is 23.1 Å². The minimum Gasteiger partial charge on any atom is -0.463 e. The highest BCUT2D eigenvalue weighted by Crippen LogP contribution is 2.39. The third-order valence-corrected chi connectivity index (χ3v) is 6.98. The summed E-state index contributed by atoms with van der Waals surface area (Å²) in [7, 11) is -3.82. The fourth-order valence-corrected chi connectivity index (χ4v) is 4.89. The lowest BCUT2D eigenvalue weighted by atomic mass is 9.99. The van der Waals surface area contributed by atoms with E-state index in [-0.39, 0.29) is 18.0 Å². The molecular weight excluding hydrogens is 398 g/mol. The number of ether oxygens (including phenoxy) is 1. The second kappa shape index (κ2) is 8.07. The number of hydrogen-bond donors (Lipinski definition) is 0. The van der Waals surface area contributed by atoms with Crippen molar-refractivity contribution in [3.8, 4) is 0 Å². The maximum Gasteiger partial charge on any atom is 0.335 e. The Balaban J connectivity index is 2.08. The van der Waals surface area contributed by atoms with Crippen LogP contribution in [-0.4, -0.2) is 31.8 Å². The van der Waals surface area contributed by atoms with Crippen molar-refractivity contribution in [1.29, 1.82) is 0 Å². The van der Waals surface area contributed by atoms with Gasteiger partial charge >= 0.3 is 5.97 Å². The van der Waals surface area contributed by atoms with Crippen molar-refractivity contribution in [2.45, 2.75) is 31.7 Å². The Bertz CT molecular complexity index is 1030. The van der Waals surface area contributed by atoms with Gasteiger partial charge in [0.15, 0.2) is 0 Å². The molecule has 0 aromatic heterocycles. The Hall–Kier alpha value is -2.15. The number of carbonyl (C=O) groups is 1. The van der Waals surface area contributed by atoms with Crippen molar-refractivity contribution in [2.75, 3.05) is 13.2 Å². The summed E-state index contributed by atoms with van der Waals surface area (Å²) in [5.41, 5.74) is 2.77. The average molecular weight is 420 g/mol. The molecule has 0 fully saturated rings. The fourth-order valence-electron chi connectivity index (χ4n) is 3.24. The van der Waals surface area contributed by atoms with E-state index in [1.807, 2.05) is 19.9 Å². The molecule has 1 unspecified atom stereocenters. The molecule has 7 heteroatoms. The Kier molecular flexibility index (Phi) is 5.93. The summed E-state index contributed by atoms with van der Waals surface area (Å²) in [6.45, 7) is 5.76. The molecule has 0 amide bonds. The van der Waals surface area contributed by atoms with Crippen LogP contribution in [-0.2, 0) is 19.6 Å². The first-order chi connectivity index (χ1) is 13.3. The van der Waals surface area contributed by atoms with Crippen molar-refractivity contribution in [1.82, 2.24) is 4.31 Å². The highest BCUT2D eigenvalue weighted by molar-refractivity contribution is 7.89. The number of halogens is 1. The molecule has 0 N–H and O–H groups in total. The van der Waals surface area contributed by atoms with Crippen LogP contribution in [0.2, 0.25) is 5.02 Å². The number of hydrogen-bond acceptors (Lipinski definition) is 4. The fraction of sp³-hybridized carbons (Fsp3) is 0.286. The van der Waals surface area contributed by atoms with Crippen LogP contribution in [0.5, 0.6) is 0 Å². The lowest BCUT2D eigenvalue weighted by molar-refractivity contribution is -0.138. The molecule has 3 rings (SSSR count). The molecule has 0 spiro atoms. The summed E-state index contributed by atoms with van der Waals surface area (Å²) in [6, 6.07) is 11.2. The van der Waals surface area contributed by atoms with Crippen LogP contribution in [0.4, 0.5) is 0 Å². The van der Waals surface area contributed by atoms with Crippen LogP contribution in [0.15, 0.2) is 59.0 Å². The number of nitrogens with zero attached hydrogens (tertiary/aromatic N) is 1. The quantitative estimate of drug-likeness (QED) is 0.681. The summed E-state index contributed by atoms with van der Waals surface area (Å²) < 4.78 is 33.1.